The number of ether oxygens (including phenoxy) is 3. The first-order chi connectivity index (χ1) is 12.9. The minimum atomic E-state index is -0.484. The zero-order chi connectivity index (χ0) is 20.2. The molecule has 1 aromatic rings. The molecule has 1 atom stereocenters. The van der Waals surface area contributed by atoms with Gasteiger partial charge in [-0.15, -0.1) is 0 Å². The summed E-state index contributed by atoms with van der Waals surface area (Å²) in [6, 6.07) is 6.96. The maximum atomic E-state index is 12.5. The van der Waals surface area contributed by atoms with Crippen LogP contribution in [-0.4, -0.2) is 62.6 Å². The molecule has 1 N–H and O–H groups in total. The Morgan fingerprint density at radius 2 is 1.70 bits per heavy atom. The summed E-state index contributed by atoms with van der Waals surface area (Å²) in [5.74, 6) is -0.102. The number of nitrogens with zero attached hydrogens (tertiary/aromatic N) is 1. The van der Waals surface area contributed by atoms with Gasteiger partial charge in [0.2, 0.25) is 5.91 Å². The van der Waals surface area contributed by atoms with Gasteiger partial charge in [-0.25, -0.2) is 0 Å². The molecule has 0 fully saturated rings. The van der Waals surface area contributed by atoms with E-state index in [1.54, 1.807) is 31.2 Å². The van der Waals surface area contributed by atoms with Gasteiger partial charge >= 0.3 is 5.97 Å². The number of rotatable bonds is 11. The lowest BCUT2D eigenvalue weighted by Crippen LogP contribution is -2.43. The van der Waals surface area contributed by atoms with Crippen LogP contribution < -0.4 is 14.8 Å². The van der Waals surface area contributed by atoms with E-state index in [1.165, 1.54) is 18.9 Å². The monoisotopic (exact) mass is 380 g/mol. The highest BCUT2D eigenvalue weighted by Crippen LogP contribution is 2.17. The van der Waals surface area contributed by atoms with Crippen molar-refractivity contribution in [2.24, 2.45) is 5.92 Å². The quantitative estimate of drug-likeness (QED) is 0.581. The molecule has 0 radical (unpaired) electrons. The van der Waals surface area contributed by atoms with Gasteiger partial charge in [0.05, 0.1) is 19.6 Å². The molecule has 27 heavy (non-hydrogen) atoms. The van der Waals surface area contributed by atoms with Crippen molar-refractivity contribution >= 4 is 17.8 Å². The van der Waals surface area contributed by atoms with Crippen molar-refractivity contribution in [3.63, 3.8) is 0 Å². The van der Waals surface area contributed by atoms with Crippen molar-refractivity contribution in [1.29, 1.82) is 0 Å². The number of nitrogens with one attached hydrogen (secondary N) is 1. The van der Waals surface area contributed by atoms with Gasteiger partial charge < -0.3 is 24.4 Å². The van der Waals surface area contributed by atoms with Crippen LogP contribution >= 0.6 is 0 Å². The van der Waals surface area contributed by atoms with Crippen LogP contribution in [0.2, 0.25) is 0 Å². The van der Waals surface area contributed by atoms with Crippen LogP contribution in [0.25, 0.3) is 0 Å². The largest absolute Gasteiger partial charge is 0.494 e. The van der Waals surface area contributed by atoms with Gasteiger partial charge in [0.15, 0.2) is 6.61 Å². The van der Waals surface area contributed by atoms with Crippen LogP contribution in [0.5, 0.6) is 11.5 Å². The third-order valence-corrected chi connectivity index (χ3v) is 3.70. The number of carbonyl (C=O) groups excluding carboxylic acids is 3. The smallest absolute Gasteiger partial charge is 0.310 e. The topological polar surface area (TPSA) is 94.2 Å². The molecule has 0 spiro atoms. The Morgan fingerprint density at radius 1 is 1.11 bits per heavy atom. The summed E-state index contributed by atoms with van der Waals surface area (Å²) < 4.78 is 15.6. The molecule has 1 rings (SSSR count). The van der Waals surface area contributed by atoms with Crippen molar-refractivity contribution in [2.45, 2.75) is 20.8 Å². The summed E-state index contributed by atoms with van der Waals surface area (Å²) in [6.45, 7) is 6.11. The number of hydrogen-bond acceptors (Lipinski definition) is 6. The molecular formula is C19H28N2O6. The van der Waals surface area contributed by atoms with Crippen LogP contribution in [0.15, 0.2) is 24.3 Å². The van der Waals surface area contributed by atoms with E-state index in [-0.39, 0.29) is 38.1 Å². The summed E-state index contributed by atoms with van der Waals surface area (Å²) in [4.78, 5) is 36.7. The standard InChI is InChI=1S/C19H28N2O6/c1-5-26-16-6-8-17(9-7-16)27-13-18(23)21(11-10-20-15(3)22)12-14(2)19(24)25-4/h6-9,14H,5,10-13H2,1-4H3,(H,20,22). The minimum absolute atomic E-state index is 0.178. The SMILES string of the molecule is CCOc1ccc(OCC(=O)N(CCNC(C)=O)CC(C)C(=O)OC)cc1. The van der Waals surface area contributed by atoms with Gasteiger partial charge in [0, 0.05) is 26.6 Å². The van der Waals surface area contributed by atoms with Crippen molar-refractivity contribution < 1.29 is 28.6 Å². The fourth-order valence-corrected chi connectivity index (χ4v) is 2.33. The molecule has 0 aliphatic carbocycles. The molecular weight excluding hydrogens is 352 g/mol. The van der Waals surface area contributed by atoms with E-state index in [0.717, 1.165) is 5.75 Å². The van der Waals surface area contributed by atoms with E-state index in [1.807, 2.05) is 6.92 Å². The molecule has 0 aromatic heterocycles. The third kappa shape index (κ3) is 8.44. The van der Waals surface area contributed by atoms with Crippen LogP contribution in [0.1, 0.15) is 20.8 Å². The second-order valence-electron chi connectivity index (χ2n) is 5.94. The van der Waals surface area contributed by atoms with Crippen LogP contribution in [0.3, 0.4) is 0 Å². The van der Waals surface area contributed by atoms with Crippen molar-refractivity contribution in [2.75, 3.05) is 40.0 Å². The summed E-state index contributed by atoms with van der Waals surface area (Å²) in [5, 5.41) is 2.64. The summed E-state index contributed by atoms with van der Waals surface area (Å²) in [5.41, 5.74) is 0. The highest BCUT2D eigenvalue weighted by molar-refractivity contribution is 5.79. The predicted molar refractivity (Wildman–Crippen MR) is 99.5 cm³/mol. The number of carbonyl (C=O) groups is 3. The van der Waals surface area contributed by atoms with Crippen molar-refractivity contribution in [3.8, 4) is 11.5 Å². The van der Waals surface area contributed by atoms with E-state index >= 15 is 0 Å². The Hall–Kier alpha value is -2.77. The first-order valence-electron chi connectivity index (χ1n) is 8.83. The number of esters is 1. The fourth-order valence-electron chi connectivity index (χ4n) is 2.33. The zero-order valence-corrected chi connectivity index (χ0v) is 16.3. The third-order valence-electron chi connectivity index (χ3n) is 3.70. The van der Waals surface area contributed by atoms with Gasteiger partial charge in [-0.2, -0.15) is 0 Å². The highest BCUT2D eigenvalue weighted by atomic mass is 16.5. The lowest BCUT2D eigenvalue weighted by atomic mass is 10.1. The van der Waals surface area contributed by atoms with Gasteiger partial charge in [-0.1, -0.05) is 6.92 Å². The van der Waals surface area contributed by atoms with Gasteiger partial charge in [-0.3, -0.25) is 14.4 Å². The van der Waals surface area contributed by atoms with Crippen LogP contribution in [0, 0.1) is 5.92 Å². The average molecular weight is 380 g/mol. The molecule has 1 aromatic carbocycles. The molecule has 8 nitrogen and oxygen atoms in total. The number of methoxy groups -OCH3 is 1. The normalized spacial score (nSPS) is 11.3. The fraction of sp³-hybridized carbons (Fsp3) is 0.526. The zero-order valence-electron chi connectivity index (χ0n) is 16.3. The molecule has 8 heteroatoms. The summed E-state index contributed by atoms with van der Waals surface area (Å²) >= 11 is 0. The lowest BCUT2D eigenvalue weighted by molar-refractivity contribution is -0.146. The Labute approximate surface area is 159 Å². The minimum Gasteiger partial charge on any atom is -0.494 e. The summed E-state index contributed by atoms with van der Waals surface area (Å²) in [7, 11) is 1.30. The average Bonchev–Trinajstić information content (AvgIpc) is 2.65. The lowest BCUT2D eigenvalue weighted by Gasteiger charge is -2.25. The van der Waals surface area contributed by atoms with Gasteiger partial charge in [0.25, 0.3) is 5.91 Å². The van der Waals surface area contributed by atoms with Crippen LogP contribution in [0.4, 0.5) is 0 Å². The maximum absolute atomic E-state index is 12.5. The van der Waals surface area contributed by atoms with E-state index in [0.29, 0.717) is 12.4 Å². The molecule has 0 bridgehead atoms. The molecule has 0 saturated carbocycles. The Kier molecular flexibility index (Phi) is 9.71. The van der Waals surface area contributed by atoms with E-state index in [2.05, 4.69) is 5.32 Å². The number of benzene rings is 1. The molecule has 2 amide bonds. The second kappa shape index (κ2) is 11.8. The second-order valence-corrected chi connectivity index (χ2v) is 5.94. The molecule has 1 unspecified atom stereocenters. The molecule has 150 valence electrons. The molecule has 0 aliphatic rings. The number of amides is 2. The number of hydrogen-bond donors (Lipinski definition) is 1. The Bertz CT molecular complexity index is 617. The van der Waals surface area contributed by atoms with Crippen molar-refractivity contribution in [3.05, 3.63) is 24.3 Å². The van der Waals surface area contributed by atoms with Crippen molar-refractivity contribution in [1.82, 2.24) is 10.2 Å². The Morgan fingerprint density at radius 3 is 2.22 bits per heavy atom. The van der Waals surface area contributed by atoms with E-state index in [9.17, 15) is 14.4 Å². The van der Waals surface area contributed by atoms with E-state index in [4.69, 9.17) is 14.2 Å². The molecule has 0 saturated heterocycles. The van der Waals surface area contributed by atoms with Crippen LogP contribution in [-0.2, 0) is 19.1 Å². The van der Waals surface area contributed by atoms with Gasteiger partial charge in [0.1, 0.15) is 11.5 Å². The molecule has 0 heterocycles. The first kappa shape index (κ1) is 22.3. The first-order valence-corrected chi connectivity index (χ1v) is 8.83. The Balaban J connectivity index is 2.64. The molecule has 0 aliphatic heterocycles. The van der Waals surface area contributed by atoms with Gasteiger partial charge in [-0.05, 0) is 31.2 Å². The summed E-state index contributed by atoms with van der Waals surface area (Å²) in [6.07, 6.45) is 0. The highest BCUT2D eigenvalue weighted by Gasteiger charge is 2.21. The van der Waals surface area contributed by atoms with E-state index < -0.39 is 11.9 Å². The predicted octanol–water partition coefficient (Wildman–Crippen LogP) is 1.24. The maximum Gasteiger partial charge on any atom is 0.310 e.